The molecule has 0 saturated heterocycles. The van der Waals surface area contributed by atoms with Crippen molar-refractivity contribution in [3.8, 4) is 5.75 Å². The van der Waals surface area contributed by atoms with Crippen molar-refractivity contribution in [1.29, 1.82) is 10.8 Å². The van der Waals surface area contributed by atoms with Gasteiger partial charge < -0.3 is 15.6 Å². The molecule has 0 spiro atoms. The quantitative estimate of drug-likeness (QED) is 0.632. The topological polar surface area (TPSA) is 69.8 Å². The van der Waals surface area contributed by atoms with E-state index in [1.165, 1.54) is 10.8 Å². The third-order valence-corrected chi connectivity index (χ3v) is 3.71. The maximum Gasteiger partial charge on any atom is 0.119 e. The van der Waals surface area contributed by atoms with E-state index in [-0.39, 0.29) is 0 Å². The number of nitrogens with one attached hydrogen (secondary N) is 2. The number of rotatable bonds is 2. The average Bonchev–Trinajstić information content (AvgIpc) is 2.64. The fourth-order valence-corrected chi connectivity index (χ4v) is 2.45. The molecule has 0 fully saturated rings. The Morgan fingerprint density at radius 1 is 1.04 bits per heavy atom. The number of pyridine rings is 1. The summed E-state index contributed by atoms with van der Waals surface area (Å²) in [7, 11) is 1.64. The highest BCUT2D eigenvalue weighted by Gasteiger charge is 2.01. The van der Waals surface area contributed by atoms with Gasteiger partial charge in [-0.25, -0.2) is 0 Å². The molecule has 4 heteroatoms. The van der Waals surface area contributed by atoms with E-state index in [0.29, 0.717) is 5.71 Å². The van der Waals surface area contributed by atoms with E-state index in [9.17, 15) is 0 Å². The molecule has 0 aliphatic rings. The monoisotopic (exact) mass is 335 g/mol. The van der Waals surface area contributed by atoms with Crippen LogP contribution in [0, 0.1) is 24.7 Å². The number of fused-ring (bicyclic) bond motifs is 1. The molecule has 25 heavy (non-hydrogen) atoms. The molecule has 2 N–H and O–H groups in total. The maximum absolute atomic E-state index is 7.46. The summed E-state index contributed by atoms with van der Waals surface area (Å²) in [6.07, 6.45) is 1.84. The van der Waals surface area contributed by atoms with Crippen molar-refractivity contribution in [2.24, 2.45) is 0 Å². The Hall–Kier alpha value is -3.01. The third kappa shape index (κ3) is 5.53. The van der Waals surface area contributed by atoms with E-state index in [1.54, 1.807) is 14.0 Å². The van der Waals surface area contributed by atoms with Crippen LogP contribution in [0.3, 0.4) is 0 Å². The van der Waals surface area contributed by atoms with E-state index in [0.717, 1.165) is 22.6 Å². The summed E-state index contributed by atoms with van der Waals surface area (Å²) in [6.45, 7) is 8.30. The van der Waals surface area contributed by atoms with Crippen molar-refractivity contribution >= 4 is 23.2 Å². The van der Waals surface area contributed by atoms with E-state index < -0.39 is 0 Å². The first-order valence-corrected chi connectivity index (χ1v) is 7.89. The molecule has 0 radical (unpaired) electrons. The van der Waals surface area contributed by atoms with E-state index in [2.05, 4.69) is 23.8 Å². The SMILES string of the molecule is C=N.COc1ccc(C(C)=N)c(C)c1.Cc1nccc2ccccc12. The highest BCUT2D eigenvalue weighted by molar-refractivity contribution is 5.97. The molecule has 130 valence electrons. The minimum atomic E-state index is 0.593. The minimum absolute atomic E-state index is 0.593. The molecular weight excluding hydrogens is 310 g/mol. The normalized spacial score (nSPS) is 9.28. The molecular formula is C21H25N3O. The molecule has 3 rings (SSSR count). The average molecular weight is 335 g/mol. The number of benzene rings is 2. The zero-order valence-corrected chi connectivity index (χ0v) is 15.3. The van der Waals surface area contributed by atoms with Crippen LogP contribution in [0.1, 0.15) is 23.7 Å². The lowest BCUT2D eigenvalue weighted by atomic mass is 10.1. The van der Waals surface area contributed by atoms with Gasteiger partial charge in [0.2, 0.25) is 0 Å². The second-order valence-electron chi connectivity index (χ2n) is 5.42. The van der Waals surface area contributed by atoms with Gasteiger partial charge in [0, 0.05) is 23.0 Å². The van der Waals surface area contributed by atoms with Gasteiger partial charge in [-0.3, -0.25) is 4.98 Å². The van der Waals surface area contributed by atoms with Gasteiger partial charge in [0.15, 0.2) is 0 Å². The van der Waals surface area contributed by atoms with Crippen LogP contribution in [0.4, 0.5) is 0 Å². The Bertz CT molecular complexity index is 838. The first kappa shape index (κ1) is 20.0. The van der Waals surface area contributed by atoms with Crippen LogP contribution in [-0.4, -0.2) is 24.5 Å². The van der Waals surface area contributed by atoms with Gasteiger partial charge in [0.05, 0.1) is 7.11 Å². The van der Waals surface area contributed by atoms with Gasteiger partial charge in [0.1, 0.15) is 5.75 Å². The first-order chi connectivity index (χ1) is 12.0. The summed E-state index contributed by atoms with van der Waals surface area (Å²) < 4.78 is 5.06. The fraction of sp³-hybridized carbons (Fsp3) is 0.190. The van der Waals surface area contributed by atoms with Gasteiger partial charge in [-0.15, -0.1) is 0 Å². The van der Waals surface area contributed by atoms with Crippen molar-refractivity contribution in [2.45, 2.75) is 20.8 Å². The molecule has 1 aromatic heterocycles. The number of aromatic nitrogens is 1. The Morgan fingerprint density at radius 3 is 2.28 bits per heavy atom. The molecule has 0 aliphatic heterocycles. The Balaban J connectivity index is 0.000000228. The fourth-order valence-electron chi connectivity index (χ4n) is 2.45. The number of nitrogens with zero attached hydrogens (tertiary/aromatic N) is 1. The van der Waals surface area contributed by atoms with Gasteiger partial charge in [-0.1, -0.05) is 24.3 Å². The smallest absolute Gasteiger partial charge is 0.119 e. The molecule has 0 unspecified atom stereocenters. The minimum Gasteiger partial charge on any atom is -0.497 e. The largest absolute Gasteiger partial charge is 0.497 e. The van der Waals surface area contributed by atoms with Crippen LogP contribution in [0.25, 0.3) is 10.8 Å². The number of hydrogen-bond donors (Lipinski definition) is 2. The summed E-state index contributed by atoms with van der Waals surface area (Å²) >= 11 is 0. The van der Waals surface area contributed by atoms with Gasteiger partial charge in [-0.2, -0.15) is 0 Å². The zero-order chi connectivity index (χ0) is 18.8. The highest BCUT2D eigenvalue weighted by atomic mass is 16.5. The van der Waals surface area contributed by atoms with Crippen molar-refractivity contribution in [3.05, 3.63) is 71.5 Å². The molecule has 0 saturated carbocycles. The maximum atomic E-state index is 7.46. The third-order valence-electron chi connectivity index (χ3n) is 3.71. The second-order valence-corrected chi connectivity index (χ2v) is 5.42. The predicted molar refractivity (Wildman–Crippen MR) is 107 cm³/mol. The summed E-state index contributed by atoms with van der Waals surface area (Å²) in [5.74, 6) is 0.845. The summed E-state index contributed by atoms with van der Waals surface area (Å²) in [5, 5.41) is 15.5. The second kappa shape index (κ2) is 9.98. The molecule has 0 amide bonds. The number of methoxy groups -OCH3 is 1. The number of hydrogen-bond acceptors (Lipinski definition) is 4. The Morgan fingerprint density at radius 2 is 1.72 bits per heavy atom. The van der Waals surface area contributed by atoms with E-state index >= 15 is 0 Å². The Labute approximate surface area is 149 Å². The van der Waals surface area contributed by atoms with Crippen LogP contribution in [-0.2, 0) is 0 Å². The first-order valence-electron chi connectivity index (χ1n) is 7.89. The molecule has 2 aromatic carbocycles. The number of ether oxygens (including phenoxy) is 1. The van der Waals surface area contributed by atoms with Crippen LogP contribution >= 0.6 is 0 Å². The van der Waals surface area contributed by atoms with Crippen molar-refractivity contribution in [1.82, 2.24) is 4.98 Å². The zero-order valence-electron chi connectivity index (χ0n) is 15.3. The van der Waals surface area contributed by atoms with Crippen LogP contribution in [0.15, 0.2) is 54.7 Å². The molecule has 3 aromatic rings. The molecule has 0 atom stereocenters. The standard InChI is InChI=1S/C10H13NO.C10H9N.CH3N/c1-7-6-9(12-3)4-5-10(7)8(2)11;1-8-10-5-3-2-4-9(10)6-7-11-8;1-2/h4-6,11H,1-3H3;2-7H,1H3;2H,1H2. The molecule has 0 bridgehead atoms. The van der Waals surface area contributed by atoms with E-state index in [1.807, 2.05) is 56.4 Å². The van der Waals surface area contributed by atoms with Crippen molar-refractivity contribution < 1.29 is 4.74 Å². The summed E-state index contributed by atoms with van der Waals surface area (Å²) in [4.78, 5) is 4.21. The lowest BCUT2D eigenvalue weighted by Crippen LogP contribution is -1.96. The van der Waals surface area contributed by atoms with Gasteiger partial charge >= 0.3 is 0 Å². The van der Waals surface area contributed by atoms with E-state index in [4.69, 9.17) is 15.6 Å². The molecule has 0 aliphatic carbocycles. The van der Waals surface area contributed by atoms with Crippen LogP contribution < -0.4 is 4.74 Å². The van der Waals surface area contributed by atoms with Crippen LogP contribution in [0.2, 0.25) is 0 Å². The van der Waals surface area contributed by atoms with Gasteiger partial charge in [0.25, 0.3) is 0 Å². The summed E-state index contributed by atoms with van der Waals surface area (Å²) in [6, 6.07) is 16.0. The molecule has 4 nitrogen and oxygen atoms in total. The lowest BCUT2D eigenvalue weighted by Gasteiger charge is -2.05. The van der Waals surface area contributed by atoms with Gasteiger partial charge in [-0.05, 0) is 68.3 Å². The molecule has 1 heterocycles. The highest BCUT2D eigenvalue weighted by Crippen LogP contribution is 2.17. The summed E-state index contributed by atoms with van der Waals surface area (Å²) in [5.41, 5.74) is 3.76. The predicted octanol–water partition coefficient (Wildman–Crippen LogP) is 5.20. The van der Waals surface area contributed by atoms with Crippen molar-refractivity contribution in [3.63, 3.8) is 0 Å². The lowest BCUT2D eigenvalue weighted by molar-refractivity contribution is 0.414. The van der Waals surface area contributed by atoms with Crippen molar-refractivity contribution in [2.75, 3.05) is 7.11 Å². The Kier molecular flexibility index (Phi) is 8.00. The van der Waals surface area contributed by atoms with Crippen LogP contribution in [0.5, 0.6) is 5.75 Å². The number of aryl methyl sites for hydroxylation is 2.